The maximum atomic E-state index is 13.8. The molecule has 4 nitrogen and oxygen atoms in total. The number of halogens is 1. The van der Waals surface area contributed by atoms with Crippen molar-refractivity contribution < 1.29 is 9.18 Å². The minimum atomic E-state index is -0.347. The maximum absolute atomic E-state index is 13.8. The van der Waals surface area contributed by atoms with Gasteiger partial charge in [-0.1, -0.05) is 18.2 Å². The highest BCUT2D eigenvalue weighted by molar-refractivity contribution is 5.94. The quantitative estimate of drug-likeness (QED) is 0.775. The van der Waals surface area contributed by atoms with Gasteiger partial charge >= 0.3 is 0 Å². The highest BCUT2D eigenvalue weighted by atomic mass is 19.1. The molecule has 0 bridgehead atoms. The van der Waals surface area contributed by atoms with Gasteiger partial charge in [0.25, 0.3) is 5.91 Å². The van der Waals surface area contributed by atoms with Gasteiger partial charge in [0.05, 0.1) is 17.1 Å². The molecular weight excluding hydrogens is 305 g/mol. The summed E-state index contributed by atoms with van der Waals surface area (Å²) in [5.74, 6) is 0.312. The molecule has 5 heteroatoms. The van der Waals surface area contributed by atoms with Crippen molar-refractivity contribution in [3.05, 3.63) is 65.2 Å². The number of hydrogen-bond acceptors (Lipinski definition) is 2. The second kappa shape index (κ2) is 5.74. The maximum Gasteiger partial charge on any atom is 0.254 e. The normalized spacial score (nSPS) is 17.6. The molecule has 4 rings (SSSR count). The Morgan fingerprint density at radius 1 is 1.29 bits per heavy atom. The number of amides is 1. The van der Waals surface area contributed by atoms with E-state index in [-0.39, 0.29) is 17.8 Å². The molecule has 1 aromatic heterocycles. The van der Waals surface area contributed by atoms with Gasteiger partial charge in [-0.2, -0.15) is 0 Å². The van der Waals surface area contributed by atoms with E-state index in [1.165, 1.54) is 6.07 Å². The number of aryl methyl sites for hydroxylation is 1. The van der Waals surface area contributed by atoms with Crippen LogP contribution in [0.4, 0.5) is 4.39 Å². The molecule has 0 radical (unpaired) electrons. The first-order valence-electron chi connectivity index (χ1n) is 8.15. The minimum absolute atomic E-state index is 0.0886. The first-order valence-corrected chi connectivity index (χ1v) is 8.15. The van der Waals surface area contributed by atoms with E-state index in [2.05, 4.69) is 9.97 Å². The van der Waals surface area contributed by atoms with E-state index in [1.54, 1.807) is 24.0 Å². The van der Waals surface area contributed by atoms with Crippen molar-refractivity contribution in [1.29, 1.82) is 0 Å². The fourth-order valence-electron chi connectivity index (χ4n) is 3.32. The Bertz CT molecular complexity index is 885. The number of aromatic amines is 1. The number of rotatable bonds is 2. The molecule has 0 aliphatic carbocycles. The van der Waals surface area contributed by atoms with Gasteiger partial charge in [0, 0.05) is 12.1 Å². The number of likely N-dealkylation sites (tertiary alicyclic amines) is 1. The zero-order valence-corrected chi connectivity index (χ0v) is 13.4. The molecule has 2 aromatic carbocycles. The van der Waals surface area contributed by atoms with E-state index < -0.39 is 0 Å². The van der Waals surface area contributed by atoms with Crippen LogP contribution in [-0.4, -0.2) is 27.3 Å². The Labute approximate surface area is 139 Å². The predicted octanol–water partition coefficient (Wildman–Crippen LogP) is 3.99. The molecule has 1 aliphatic heterocycles. The van der Waals surface area contributed by atoms with Crippen LogP contribution >= 0.6 is 0 Å². The van der Waals surface area contributed by atoms with E-state index in [4.69, 9.17) is 0 Å². The van der Waals surface area contributed by atoms with Gasteiger partial charge < -0.3 is 9.88 Å². The smallest absolute Gasteiger partial charge is 0.254 e. The number of benzene rings is 2. The van der Waals surface area contributed by atoms with Crippen molar-refractivity contribution in [2.24, 2.45) is 0 Å². The van der Waals surface area contributed by atoms with Crippen molar-refractivity contribution in [2.45, 2.75) is 25.8 Å². The topological polar surface area (TPSA) is 49.0 Å². The number of carbonyl (C=O) groups excluding carboxylic acids is 1. The standard InChI is InChI=1S/C19H18FN3O/c1-12-8-9-13(11-14(12)20)19(24)23-10-4-7-17(23)18-21-15-5-2-3-6-16(15)22-18/h2-3,5-6,8-9,11,17H,4,7,10H2,1H3,(H,21,22). The fraction of sp³-hybridized carbons (Fsp3) is 0.263. The van der Waals surface area contributed by atoms with Crippen molar-refractivity contribution in [3.8, 4) is 0 Å². The molecule has 122 valence electrons. The van der Waals surface area contributed by atoms with Gasteiger partial charge in [-0.05, 0) is 49.6 Å². The SMILES string of the molecule is Cc1ccc(C(=O)N2CCCC2c2nc3ccccc3[nH]2)cc1F. The lowest BCUT2D eigenvalue weighted by Crippen LogP contribution is -2.31. The number of nitrogens with zero attached hydrogens (tertiary/aromatic N) is 2. The van der Waals surface area contributed by atoms with Gasteiger partial charge in [-0.3, -0.25) is 4.79 Å². The number of H-pyrrole nitrogens is 1. The van der Waals surface area contributed by atoms with Crippen LogP contribution < -0.4 is 0 Å². The lowest BCUT2D eigenvalue weighted by molar-refractivity contribution is 0.0730. The highest BCUT2D eigenvalue weighted by Gasteiger charge is 2.32. The Balaban J connectivity index is 1.66. The molecule has 1 unspecified atom stereocenters. The van der Waals surface area contributed by atoms with Crippen LogP contribution in [0.2, 0.25) is 0 Å². The van der Waals surface area contributed by atoms with E-state index in [0.29, 0.717) is 17.7 Å². The van der Waals surface area contributed by atoms with E-state index in [1.807, 2.05) is 24.3 Å². The summed E-state index contributed by atoms with van der Waals surface area (Å²) in [6.45, 7) is 2.35. The third kappa shape index (κ3) is 2.46. The first kappa shape index (κ1) is 14.9. The largest absolute Gasteiger partial charge is 0.340 e. The summed E-state index contributed by atoms with van der Waals surface area (Å²) < 4.78 is 13.8. The number of imidazole rings is 1. The molecule has 1 aliphatic rings. The summed E-state index contributed by atoms with van der Waals surface area (Å²) in [6.07, 6.45) is 1.78. The number of aromatic nitrogens is 2. The van der Waals surface area contributed by atoms with Crippen LogP contribution in [0.25, 0.3) is 11.0 Å². The predicted molar refractivity (Wildman–Crippen MR) is 90.2 cm³/mol. The van der Waals surface area contributed by atoms with E-state index in [9.17, 15) is 9.18 Å². The van der Waals surface area contributed by atoms with E-state index in [0.717, 1.165) is 29.7 Å². The van der Waals surface area contributed by atoms with Crippen LogP contribution in [0.5, 0.6) is 0 Å². The number of fused-ring (bicyclic) bond motifs is 1. The summed E-state index contributed by atoms with van der Waals surface area (Å²) in [7, 11) is 0. The molecule has 0 spiro atoms. The average Bonchev–Trinajstić information content (AvgIpc) is 3.22. The third-order valence-corrected chi connectivity index (χ3v) is 4.66. The molecule has 1 saturated heterocycles. The summed E-state index contributed by atoms with van der Waals surface area (Å²) in [5, 5.41) is 0. The van der Waals surface area contributed by atoms with Crippen molar-refractivity contribution >= 4 is 16.9 Å². The average molecular weight is 323 g/mol. The van der Waals surface area contributed by atoms with Gasteiger partial charge in [0.1, 0.15) is 11.6 Å². The van der Waals surface area contributed by atoms with Crippen LogP contribution in [0.15, 0.2) is 42.5 Å². The third-order valence-electron chi connectivity index (χ3n) is 4.66. The summed E-state index contributed by atoms with van der Waals surface area (Å²) in [4.78, 5) is 22.6. The molecule has 1 N–H and O–H groups in total. The Kier molecular flexibility index (Phi) is 3.56. The Hall–Kier alpha value is -2.69. The molecule has 0 saturated carbocycles. The van der Waals surface area contributed by atoms with Crippen LogP contribution in [0, 0.1) is 12.7 Å². The number of hydrogen-bond donors (Lipinski definition) is 1. The molecule has 24 heavy (non-hydrogen) atoms. The minimum Gasteiger partial charge on any atom is -0.340 e. The molecule has 2 heterocycles. The lowest BCUT2D eigenvalue weighted by atomic mass is 10.1. The molecule has 1 fully saturated rings. The summed E-state index contributed by atoms with van der Waals surface area (Å²) in [6, 6.07) is 12.4. The van der Waals surface area contributed by atoms with Gasteiger partial charge in [0.15, 0.2) is 0 Å². The van der Waals surface area contributed by atoms with Crippen molar-refractivity contribution in [3.63, 3.8) is 0 Å². The Morgan fingerprint density at radius 3 is 2.92 bits per heavy atom. The Morgan fingerprint density at radius 2 is 2.12 bits per heavy atom. The number of nitrogens with one attached hydrogen (secondary N) is 1. The summed E-state index contributed by atoms with van der Waals surface area (Å²) >= 11 is 0. The van der Waals surface area contributed by atoms with Crippen LogP contribution in [0.3, 0.4) is 0 Å². The van der Waals surface area contributed by atoms with Gasteiger partial charge in [0.2, 0.25) is 0 Å². The van der Waals surface area contributed by atoms with Crippen molar-refractivity contribution in [2.75, 3.05) is 6.54 Å². The van der Waals surface area contributed by atoms with Gasteiger partial charge in [-0.15, -0.1) is 0 Å². The zero-order valence-electron chi connectivity index (χ0n) is 13.4. The first-order chi connectivity index (χ1) is 11.6. The highest BCUT2D eigenvalue weighted by Crippen LogP contribution is 2.32. The molecular formula is C19H18FN3O. The lowest BCUT2D eigenvalue weighted by Gasteiger charge is -2.23. The number of para-hydroxylation sites is 2. The molecule has 3 aromatic rings. The van der Waals surface area contributed by atoms with Gasteiger partial charge in [-0.25, -0.2) is 9.37 Å². The number of carbonyl (C=O) groups is 1. The molecule has 1 amide bonds. The summed E-state index contributed by atoms with van der Waals surface area (Å²) in [5.41, 5.74) is 2.80. The zero-order chi connectivity index (χ0) is 16.7. The molecule has 1 atom stereocenters. The van der Waals surface area contributed by atoms with Crippen molar-refractivity contribution in [1.82, 2.24) is 14.9 Å². The monoisotopic (exact) mass is 323 g/mol. The van der Waals surface area contributed by atoms with Crippen LogP contribution in [0.1, 0.15) is 40.6 Å². The fourth-order valence-corrected chi connectivity index (χ4v) is 3.32. The second-order valence-electron chi connectivity index (χ2n) is 6.26. The van der Waals surface area contributed by atoms with Crippen LogP contribution in [-0.2, 0) is 0 Å². The van der Waals surface area contributed by atoms with E-state index >= 15 is 0 Å². The second-order valence-corrected chi connectivity index (χ2v) is 6.26.